The van der Waals surface area contributed by atoms with Crippen LogP contribution in [0.2, 0.25) is 0 Å². The predicted molar refractivity (Wildman–Crippen MR) is 102 cm³/mol. The van der Waals surface area contributed by atoms with Gasteiger partial charge in [0.15, 0.2) is 29.7 Å². The summed E-state index contributed by atoms with van der Waals surface area (Å²) in [5.74, 6) is 0.883. The Morgan fingerprint density at radius 2 is 1.78 bits per heavy atom. The molecule has 1 unspecified atom stereocenters. The van der Waals surface area contributed by atoms with E-state index in [9.17, 15) is 9.18 Å². The molecule has 5 nitrogen and oxygen atoms in total. The van der Waals surface area contributed by atoms with Crippen LogP contribution in [0.4, 0.5) is 4.39 Å². The molecular weight excluding hydrogens is 349 g/mol. The summed E-state index contributed by atoms with van der Waals surface area (Å²) in [6.07, 6.45) is 0. The summed E-state index contributed by atoms with van der Waals surface area (Å²) < 4.78 is 29.9. The average molecular weight is 375 g/mol. The van der Waals surface area contributed by atoms with Crippen molar-refractivity contribution in [3.8, 4) is 17.2 Å². The SMILES string of the molecule is COc1cc(C(C)NC(=O)COc2ccccc2F)ccc1OCC(C)C. The lowest BCUT2D eigenvalue weighted by atomic mass is 10.1. The zero-order valence-electron chi connectivity index (χ0n) is 16.1. The van der Waals surface area contributed by atoms with Gasteiger partial charge in [-0.25, -0.2) is 4.39 Å². The molecule has 6 heteroatoms. The molecule has 0 radical (unpaired) electrons. The van der Waals surface area contributed by atoms with Crippen molar-refractivity contribution in [1.82, 2.24) is 5.32 Å². The van der Waals surface area contributed by atoms with E-state index >= 15 is 0 Å². The molecule has 146 valence electrons. The van der Waals surface area contributed by atoms with Gasteiger partial charge >= 0.3 is 0 Å². The smallest absolute Gasteiger partial charge is 0.258 e. The predicted octanol–water partition coefficient (Wildman–Crippen LogP) is 4.13. The van der Waals surface area contributed by atoms with E-state index in [0.29, 0.717) is 24.0 Å². The molecule has 0 fully saturated rings. The van der Waals surface area contributed by atoms with Crippen molar-refractivity contribution in [3.05, 3.63) is 53.8 Å². The lowest BCUT2D eigenvalue weighted by Crippen LogP contribution is -2.31. The standard InChI is InChI=1S/C21H26FNO4/c1-14(2)12-26-19-10-9-16(11-20(19)25-4)15(3)23-21(24)13-27-18-8-6-5-7-17(18)22/h5-11,14-15H,12-13H2,1-4H3,(H,23,24). The average Bonchev–Trinajstić information content (AvgIpc) is 2.65. The van der Waals surface area contributed by atoms with Gasteiger partial charge in [0, 0.05) is 0 Å². The Balaban J connectivity index is 1.95. The van der Waals surface area contributed by atoms with Crippen LogP contribution in [0, 0.1) is 11.7 Å². The largest absolute Gasteiger partial charge is 0.493 e. The van der Waals surface area contributed by atoms with Crippen LogP contribution in [0.3, 0.4) is 0 Å². The van der Waals surface area contributed by atoms with Gasteiger partial charge in [0.2, 0.25) is 0 Å². The Labute approximate surface area is 159 Å². The normalized spacial score (nSPS) is 11.8. The second-order valence-electron chi connectivity index (χ2n) is 6.62. The van der Waals surface area contributed by atoms with E-state index in [2.05, 4.69) is 19.2 Å². The van der Waals surface area contributed by atoms with Crippen LogP contribution >= 0.6 is 0 Å². The first kappa shape index (κ1) is 20.6. The van der Waals surface area contributed by atoms with Gasteiger partial charge < -0.3 is 19.5 Å². The van der Waals surface area contributed by atoms with Crippen LogP contribution in [0.15, 0.2) is 42.5 Å². The number of nitrogens with one attached hydrogen (secondary N) is 1. The Hall–Kier alpha value is -2.76. The van der Waals surface area contributed by atoms with Crippen molar-refractivity contribution in [2.75, 3.05) is 20.3 Å². The minimum absolute atomic E-state index is 0.0497. The first-order valence-corrected chi connectivity index (χ1v) is 8.88. The molecule has 0 saturated heterocycles. The number of carbonyl (C=O) groups is 1. The van der Waals surface area contributed by atoms with Crippen molar-refractivity contribution < 1.29 is 23.4 Å². The molecule has 0 aliphatic heterocycles. The van der Waals surface area contributed by atoms with Gasteiger partial charge in [-0.3, -0.25) is 4.79 Å². The maximum absolute atomic E-state index is 13.5. The van der Waals surface area contributed by atoms with Crippen LogP contribution in [0.5, 0.6) is 17.2 Å². The number of carbonyl (C=O) groups excluding carboxylic acids is 1. The fraction of sp³-hybridized carbons (Fsp3) is 0.381. The minimum atomic E-state index is -0.500. The zero-order valence-corrected chi connectivity index (χ0v) is 16.1. The first-order valence-electron chi connectivity index (χ1n) is 8.88. The number of rotatable bonds is 9. The molecule has 2 aromatic rings. The zero-order chi connectivity index (χ0) is 19.8. The van der Waals surface area contributed by atoms with Crippen LogP contribution in [0.25, 0.3) is 0 Å². The summed E-state index contributed by atoms with van der Waals surface area (Å²) in [4.78, 5) is 12.1. The molecule has 0 bridgehead atoms. The summed E-state index contributed by atoms with van der Waals surface area (Å²) in [5.41, 5.74) is 0.864. The number of halogens is 1. The topological polar surface area (TPSA) is 56.8 Å². The number of ether oxygens (including phenoxy) is 3. The van der Waals surface area contributed by atoms with Gasteiger partial charge in [0.05, 0.1) is 19.8 Å². The second kappa shape index (κ2) is 9.80. The fourth-order valence-corrected chi connectivity index (χ4v) is 2.40. The van der Waals surface area contributed by atoms with Crippen LogP contribution in [0.1, 0.15) is 32.4 Å². The summed E-state index contributed by atoms with van der Waals surface area (Å²) in [6.45, 7) is 6.32. The Bertz CT molecular complexity index is 764. The number of hydrogen-bond acceptors (Lipinski definition) is 4. The number of para-hydroxylation sites is 1. The van der Waals surface area contributed by atoms with Crippen LogP contribution in [-0.4, -0.2) is 26.2 Å². The van der Waals surface area contributed by atoms with Gasteiger partial charge in [-0.2, -0.15) is 0 Å². The summed E-state index contributed by atoms with van der Waals surface area (Å²) in [7, 11) is 1.58. The molecular formula is C21H26FNO4. The molecule has 1 N–H and O–H groups in total. The maximum atomic E-state index is 13.5. The molecule has 0 heterocycles. The van der Waals surface area contributed by atoms with Crippen molar-refractivity contribution in [1.29, 1.82) is 0 Å². The Morgan fingerprint density at radius 3 is 2.44 bits per heavy atom. The molecule has 2 aromatic carbocycles. The van der Waals surface area contributed by atoms with E-state index in [1.165, 1.54) is 12.1 Å². The van der Waals surface area contributed by atoms with E-state index < -0.39 is 5.82 Å². The fourth-order valence-electron chi connectivity index (χ4n) is 2.40. The summed E-state index contributed by atoms with van der Waals surface area (Å²) in [5, 5.41) is 2.82. The van der Waals surface area contributed by atoms with E-state index in [1.807, 2.05) is 25.1 Å². The maximum Gasteiger partial charge on any atom is 0.258 e. The van der Waals surface area contributed by atoms with Gasteiger partial charge in [-0.15, -0.1) is 0 Å². The third-order valence-corrected chi connectivity index (χ3v) is 3.83. The van der Waals surface area contributed by atoms with Gasteiger partial charge in [0.1, 0.15) is 0 Å². The molecule has 1 atom stereocenters. The molecule has 0 aliphatic rings. The third kappa shape index (κ3) is 6.16. The van der Waals surface area contributed by atoms with Crippen molar-refractivity contribution >= 4 is 5.91 Å². The second-order valence-corrected chi connectivity index (χ2v) is 6.62. The monoisotopic (exact) mass is 375 g/mol. The third-order valence-electron chi connectivity index (χ3n) is 3.83. The van der Waals surface area contributed by atoms with Gasteiger partial charge in [-0.1, -0.05) is 32.0 Å². The van der Waals surface area contributed by atoms with E-state index in [4.69, 9.17) is 14.2 Å². The van der Waals surface area contributed by atoms with Crippen molar-refractivity contribution in [2.45, 2.75) is 26.8 Å². The van der Waals surface area contributed by atoms with Gasteiger partial charge in [0.25, 0.3) is 5.91 Å². The van der Waals surface area contributed by atoms with E-state index in [0.717, 1.165) is 5.56 Å². The van der Waals surface area contributed by atoms with E-state index in [1.54, 1.807) is 19.2 Å². The quantitative estimate of drug-likeness (QED) is 0.716. The van der Waals surface area contributed by atoms with Crippen LogP contribution in [-0.2, 0) is 4.79 Å². The Morgan fingerprint density at radius 1 is 1.04 bits per heavy atom. The highest BCUT2D eigenvalue weighted by molar-refractivity contribution is 5.78. The summed E-state index contributed by atoms with van der Waals surface area (Å²) >= 11 is 0. The highest BCUT2D eigenvalue weighted by Gasteiger charge is 2.14. The lowest BCUT2D eigenvalue weighted by molar-refractivity contribution is -0.123. The molecule has 1 amide bonds. The van der Waals surface area contributed by atoms with Crippen molar-refractivity contribution in [3.63, 3.8) is 0 Å². The number of amides is 1. The molecule has 27 heavy (non-hydrogen) atoms. The highest BCUT2D eigenvalue weighted by atomic mass is 19.1. The van der Waals surface area contributed by atoms with Crippen molar-refractivity contribution in [2.24, 2.45) is 5.92 Å². The first-order chi connectivity index (χ1) is 12.9. The lowest BCUT2D eigenvalue weighted by Gasteiger charge is -2.18. The highest BCUT2D eigenvalue weighted by Crippen LogP contribution is 2.30. The van der Waals surface area contributed by atoms with Crippen LogP contribution < -0.4 is 19.5 Å². The number of methoxy groups -OCH3 is 1. The van der Waals surface area contributed by atoms with Gasteiger partial charge in [-0.05, 0) is 42.7 Å². The molecule has 0 saturated carbocycles. The molecule has 0 aromatic heterocycles. The number of hydrogen-bond donors (Lipinski definition) is 1. The minimum Gasteiger partial charge on any atom is -0.493 e. The Kier molecular flexibility index (Phi) is 7.46. The molecule has 2 rings (SSSR count). The number of benzene rings is 2. The molecule has 0 aliphatic carbocycles. The molecule has 0 spiro atoms. The van der Waals surface area contributed by atoms with E-state index in [-0.39, 0.29) is 24.3 Å². The summed E-state index contributed by atoms with van der Waals surface area (Å²) in [6, 6.07) is 11.2.